The van der Waals surface area contributed by atoms with Crippen LogP contribution in [0.5, 0.6) is 0 Å². The number of carbonyl (C=O) groups is 2. The standard InChI is InChI=1S/C12H17N3O3/c1-9(2)14(3)12(18)10-4-6-15(13-8-10)7-5-11(16)17/h4,6,8-9H,5,7H2,1-3H3/p+1. The molecule has 1 amide bonds. The number of hydrogen-bond acceptors (Lipinski definition) is 3. The van der Waals surface area contributed by atoms with Gasteiger partial charge in [-0.25, -0.2) is 0 Å². The van der Waals surface area contributed by atoms with Crippen molar-refractivity contribution in [3.63, 3.8) is 0 Å². The van der Waals surface area contributed by atoms with Gasteiger partial charge in [-0.3, -0.25) is 9.59 Å². The molecule has 0 saturated carbocycles. The lowest BCUT2D eigenvalue weighted by molar-refractivity contribution is -0.753. The predicted molar refractivity (Wildman–Crippen MR) is 63.9 cm³/mol. The first kappa shape index (κ1) is 14.1. The number of nitrogens with zero attached hydrogens (tertiary/aromatic N) is 3. The van der Waals surface area contributed by atoms with Crippen LogP contribution < -0.4 is 4.68 Å². The zero-order valence-corrected chi connectivity index (χ0v) is 10.8. The summed E-state index contributed by atoms with van der Waals surface area (Å²) in [7, 11) is 1.73. The van der Waals surface area contributed by atoms with Crippen LogP contribution in [0.15, 0.2) is 18.5 Å². The molecule has 0 aliphatic rings. The second-order valence-electron chi connectivity index (χ2n) is 4.33. The molecule has 0 atom stereocenters. The van der Waals surface area contributed by atoms with Crippen molar-refractivity contribution < 1.29 is 19.4 Å². The Kier molecular flexibility index (Phi) is 4.76. The summed E-state index contributed by atoms with van der Waals surface area (Å²) in [6.07, 6.45) is 3.09. The molecular formula is C12H18N3O3+. The highest BCUT2D eigenvalue weighted by molar-refractivity contribution is 5.93. The van der Waals surface area contributed by atoms with Gasteiger partial charge < -0.3 is 10.0 Å². The second-order valence-corrected chi connectivity index (χ2v) is 4.33. The van der Waals surface area contributed by atoms with E-state index in [2.05, 4.69) is 5.10 Å². The Morgan fingerprint density at radius 2 is 2.17 bits per heavy atom. The van der Waals surface area contributed by atoms with Gasteiger partial charge in [-0.2, -0.15) is 0 Å². The quantitative estimate of drug-likeness (QED) is 0.766. The summed E-state index contributed by atoms with van der Waals surface area (Å²) < 4.78 is 1.50. The Labute approximate surface area is 106 Å². The first-order valence-electron chi connectivity index (χ1n) is 5.76. The van der Waals surface area contributed by atoms with Gasteiger partial charge in [0.15, 0.2) is 12.7 Å². The van der Waals surface area contributed by atoms with Gasteiger partial charge in [0.2, 0.25) is 0 Å². The minimum Gasteiger partial charge on any atom is -0.481 e. The van der Waals surface area contributed by atoms with Crippen LogP contribution in [0.2, 0.25) is 0 Å². The van der Waals surface area contributed by atoms with E-state index in [-0.39, 0.29) is 18.4 Å². The molecule has 18 heavy (non-hydrogen) atoms. The number of aliphatic carboxylic acids is 1. The zero-order valence-electron chi connectivity index (χ0n) is 10.8. The normalized spacial score (nSPS) is 10.4. The molecule has 6 nitrogen and oxygen atoms in total. The molecule has 0 bridgehead atoms. The molecule has 0 saturated heterocycles. The van der Waals surface area contributed by atoms with Crippen LogP contribution >= 0.6 is 0 Å². The number of carboxylic acids is 1. The molecule has 1 aromatic heterocycles. The molecule has 0 fully saturated rings. The summed E-state index contributed by atoms with van der Waals surface area (Å²) in [5.41, 5.74) is 0.498. The SMILES string of the molecule is CC(C)N(C)C(=O)c1cc[n+](CCC(=O)O)nc1. The van der Waals surface area contributed by atoms with Gasteiger partial charge in [0.25, 0.3) is 5.91 Å². The fraction of sp³-hybridized carbons (Fsp3) is 0.500. The van der Waals surface area contributed by atoms with Gasteiger partial charge >= 0.3 is 5.97 Å². The van der Waals surface area contributed by atoms with Gasteiger partial charge in [0.05, 0.1) is 5.56 Å². The van der Waals surface area contributed by atoms with E-state index >= 15 is 0 Å². The first-order chi connectivity index (χ1) is 8.41. The van der Waals surface area contributed by atoms with Gasteiger partial charge in [0, 0.05) is 19.2 Å². The maximum Gasteiger partial charge on any atom is 0.309 e. The van der Waals surface area contributed by atoms with Gasteiger partial charge in [-0.15, -0.1) is 0 Å². The molecule has 0 radical (unpaired) electrons. The lowest BCUT2D eigenvalue weighted by Crippen LogP contribution is -2.39. The molecule has 0 unspecified atom stereocenters. The average Bonchev–Trinajstić information content (AvgIpc) is 2.35. The van der Waals surface area contributed by atoms with E-state index in [1.807, 2.05) is 13.8 Å². The summed E-state index contributed by atoms with van der Waals surface area (Å²) in [5, 5.41) is 12.6. The lowest BCUT2D eigenvalue weighted by atomic mass is 10.2. The van der Waals surface area contributed by atoms with Gasteiger partial charge in [-0.05, 0) is 18.9 Å². The highest BCUT2D eigenvalue weighted by Gasteiger charge is 2.16. The smallest absolute Gasteiger partial charge is 0.309 e. The maximum absolute atomic E-state index is 11.9. The van der Waals surface area contributed by atoms with Crippen LogP contribution in [0.25, 0.3) is 0 Å². The Morgan fingerprint density at radius 3 is 2.61 bits per heavy atom. The maximum atomic E-state index is 11.9. The first-order valence-corrected chi connectivity index (χ1v) is 5.76. The molecule has 1 N–H and O–H groups in total. The molecule has 6 heteroatoms. The summed E-state index contributed by atoms with van der Waals surface area (Å²) in [4.78, 5) is 24.0. The van der Waals surface area contributed by atoms with E-state index < -0.39 is 5.97 Å². The number of rotatable bonds is 5. The Bertz CT molecular complexity index is 429. The molecule has 1 rings (SSSR count). The van der Waals surface area contributed by atoms with E-state index in [0.29, 0.717) is 12.1 Å². The highest BCUT2D eigenvalue weighted by Crippen LogP contribution is 2.03. The summed E-state index contributed by atoms with van der Waals surface area (Å²) in [6, 6.07) is 1.77. The van der Waals surface area contributed by atoms with Crippen molar-refractivity contribution in [3.05, 3.63) is 24.0 Å². The van der Waals surface area contributed by atoms with Crippen molar-refractivity contribution in [3.8, 4) is 0 Å². The van der Waals surface area contributed by atoms with Crippen LogP contribution in [0, 0.1) is 0 Å². The van der Waals surface area contributed by atoms with Crippen LogP contribution in [0.4, 0.5) is 0 Å². The largest absolute Gasteiger partial charge is 0.481 e. The van der Waals surface area contributed by atoms with Crippen molar-refractivity contribution >= 4 is 11.9 Å². The molecule has 0 aliphatic heterocycles. The molecule has 98 valence electrons. The van der Waals surface area contributed by atoms with Crippen molar-refractivity contribution in [2.45, 2.75) is 32.9 Å². The minimum atomic E-state index is -0.871. The van der Waals surface area contributed by atoms with E-state index in [1.165, 1.54) is 10.9 Å². The summed E-state index contributed by atoms with van der Waals surface area (Å²) in [6.45, 7) is 4.16. The summed E-state index contributed by atoms with van der Waals surface area (Å²) in [5.74, 6) is -0.966. The number of carboxylic acid groups (broad SMARTS) is 1. The monoisotopic (exact) mass is 252 g/mol. The van der Waals surface area contributed by atoms with Gasteiger partial charge in [0.1, 0.15) is 12.6 Å². The van der Waals surface area contributed by atoms with Crippen molar-refractivity contribution in [1.29, 1.82) is 0 Å². The Morgan fingerprint density at radius 1 is 1.50 bits per heavy atom. The topological polar surface area (TPSA) is 74.4 Å². The third-order valence-corrected chi connectivity index (χ3v) is 2.67. The van der Waals surface area contributed by atoms with Crippen molar-refractivity contribution in [1.82, 2.24) is 10.00 Å². The van der Waals surface area contributed by atoms with Crippen LogP contribution in [0.3, 0.4) is 0 Å². The Hall–Kier alpha value is -1.98. The lowest BCUT2D eigenvalue weighted by Gasteiger charge is -2.20. The number of hydrogen-bond donors (Lipinski definition) is 1. The fourth-order valence-electron chi connectivity index (χ4n) is 1.29. The van der Waals surface area contributed by atoms with E-state index in [0.717, 1.165) is 0 Å². The number of aromatic nitrogens is 2. The molecular weight excluding hydrogens is 234 g/mol. The third-order valence-electron chi connectivity index (χ3n) is 2.67. The molecule has 1 aromatic rings. The minimum absolute atomic E-state index is 0.0108. The fourth-order valence-corrected chi connectivity index (χ4v) is 1.29. The van der Waals surface area contributed by atoms with E-state index in [1.54, 1.807) is 24.2 Å². The number of amides is 1. The highest BCUT2D eigenvalue weighted by atomic mass is 16.4. The number of carbonyl (C=O) groups excluding carboxylic acids is 1. The van der Waals surface area contributed by atoms with Crippen LogP contribution in [0.1, 0.15) is 30.6 Å². The third kappa shape index (κ3) is 3.80. The van der Waals surface area contributed by atoms with Crippen molar-refractivity contribution in [2.75, 3.05) is 7.05 Å². The van der Waals surface area contributed by atoms with Crippen molar-refractivity contribution in [2.24, 2.45) is 0 Å². The van der Waals surface area contributed by atoms with Gasteiger partial charge in [-0.1, -0.05) is 4.68 Å². The average molecular weight is 252 g/mol. The molecule has 1 heterocycles. The van der Waals surface area contributed by atoms with Crippen LogP contribution in [-0.4, -0.2) is 40.1 Å². The van der Waals surface area contributed by atoms with E-state index in [4.69, 9.17) is 5.11 Å². The number of aryl methyl sites for hydroxylation is 1. The summed E-state index contributed by atoms with van der Waals surface area (Å²) >= 11 is 0. The second kappa shape index (κ2) is 6.09. The predicted octanol–water partition coefficient (Wildman–Crippen LogP) is 0.324. The molecule has 0 aliphatic carbocycles. The molecule has 0 spiro atoms. The van der Waals surface area contributed by atoms with Crippen LogP contribution in [-0.2, 0) is 11.3 Å². The van der Waals surface area contributed by atoms with E-state index in [9.17, 15) is 9.59 Å². The molecule has 0 aromatic carbocycles. The zero-order chi connectivity index (χ0) is 13.7. The Balaban J connectivity index is 2.70.